The fraction of sp³-hybridized carbons (Fsp3) is 0.294. The molecular formula is C17H18F3N. The molecule has 2 rings (SSSR count). The van der Waals surface area contributed by atoms with Gasteiger partial charge in [0.2, 0.25) is 0 Å². The van der Waals surface area contributed by atoms with E-state index < -0.39 is 11.7 Å². The summed E-state index contributed by atoms with van der Waals surface area (Å²) >= 11 is 0. The number of alkyl halides is 3. The summed E-state index contributed by atoms with van der Waals surface area (Å²) in [5.74, 6) is 0. The van der Waals surface area contributed by atoms with E-state index in [4.69, 9.17) is 0 Å². The molecule has 0 amide bonds. The lowest BCUT2D eigenvalue weighted by molar-refractivity contribution is -0.137. The van der Waals surface area contributed by atoms with Crippen LogP contribution in [0.1, 0.15) is 28.3 Å². The van der Waals surface area contributed by atoms with Crippen molar-refractivity contribution in [3.8, 4) is 0 Å². The Kier molecular flexibility index (Phi) is 4.68. The summed E-state index contributed by atoms with van der Waals surface area (Å²) in [6.45, 7) is 2.02. The maximum Gasteiger partial charge on any atom is 0.416 e. The summed E-state index contributed by atoms with van der Waals surface area (Å²) in [6.07, 6.45) is -3.63. The molecule has 0 heterocycles. The summed E-state index contributed by atoms with van der Waals surface area (Å²) in [6, 6.07) is 13.6. The molecule has 0 spiro atoms. The zero-order chi connectivity index (χ0) is 15.5. The molecule has 0 aliphatic carbocycles. The largest absolute Gasteiger partial charge is 0.416 e. The van der Waals surface area contributed by atoms with Crippen molar-refractivity contribution in [1.82, 2.24) is 5.32 Å². The number of likely N-dealkylation sites (N-methyl/N-ethyl adjacent to an activating group) is 1. The zero-order valence-electron chi connectivity index (χ0n) is 12.0. The predicted octanol–water partition coefficient (Wildman–Crippen LogP) is 4.52. The lowest BCUT2D eigenvalue weighted by Crippen LogP contribution is -2.18. The SMILES string of the molecule is CNC(Cc1ccc(C(F)(F)F)cc1)c1ccc(C)cc1. The fourth-order valence-electron chi connectivity index (χ4n) is 2.25. The van der Waals surface area contributed by atoms with Crippen molar-refractivity contribution in [2.45, 2.75) is 25.6 Å². The van der Waals surface area contributed by atoms with Gasteiger partial charge in [-0.1, -0.05) is 42.0 Å². The Morgan fingerprint density at radius 3 is 2.00 bits per heavy atom. The number of benzene rings is 2. The highest BCUT2D eigenvalue weighted by molar-refractivity contribution is 5.29. The molecule has 1 N–H and O–H groups in total. The maximum atomic E-state index is 12.5. The van der Waals surface area contributed by atoms with Gasteiger partial charge in [-0.15, -0.1) is 0 Å². The van der Waals surface area contributed by atoms with Gasteiger partial charge in [0.15, 0.2) is 0 Å². The molecular weight excluding hydrogens is 275 g/mol. The van der Waals surface area contributed by atoms with Crippen molar-refractivity contribution < 1.29 is 13.2 Å². The smallest absolute Gasteiger partial charge is 0.313 e. The van der Waals surface area contributed by atoms with Crippen LogP contribution in [0.3, 0.4) is 0 Å². The second kappa shape index (κ2) is 6.31. The van der Waals surface area contributed by atoms with Crippen molar-refractivity contribution in [3.63, 3.8) is 0 Å². The molecule has 0 aromatic heterocycles. The Labute approximate surface area is 122 Å². The highest BCUT2D eigenvalue weighted by Gasteiger charge is 2.29. The van der Waals surface area contributed by atoms with E-state index in [0.29, 0.717) is 6.42 Å². The van der Waals surface area contributed by atoms with Crippen molar-refractivity contribution in [2.24, 2.45) is 0 Å². The lowest BCUT2D eigenvalue weighted by Gasteiger charge is -2.17. The third-order valence-corrected chi connectivity index (χ3v) is 3.55. The van der Waals surface area contributed by atoms with Crippen LogP contribution in [-0.4, -0.2) is 7.05 Å². The van der Waals surface area contributed by atoms with Crippen LogP contribution in [0.5, 0.6) is 0 Å². The summed E-state index contributed by atoms with van der Waals surface area (Å²) in [7, 11) is 1.86. The Morgan fingerprint density at radius 2 is 1.52 bits per heavy atom. The summed E-state index contributed by atoms with van der Waals surface area (Å²) < 4.78 is 37.6. The lowest BCUT2D eigenvalue weighted by atomic mass is 9.97. The molecule has 2 aromatic carbocycles. The first-order chi connectivity index (χ1) is 9.90. The van der Waals surface area contributed by atoms with Gasteiger partial charge in [-0.2, -0.15) is 13.2 Å². The molecule has 1 atom stereocenters. The second-order valence-corrected chi connectivity index (χ2v) is 5.15. The molecule has 1 unspecified atom stereocenters. The van der Waals surface area contributed by atoms with Crippen molar-refractivity contribution in [2.75, 3.05) is 7.05 Å². The van der Waals surface area contributed by atoms with Gasteiger partial charge in [-0.05, 0) is 43.7 Å². The van der Waals surface area contributed by atoms with E-state index in [1.165, 1.54) is 5.56 Å². The average Bonchev–Trinajstić information content (AvgIpc) is 2.45. The monoisotopic (exact) mass is 293 g/mol. The van der Waals surface area contributed by atoms with Gasteiger partial charge < -0.3 is 5.32 Å². The van der Waals surface area contributed by atoms with Gasteiger partial charge in [0.1, 0.15) is 0 Å². The third kappa shape index (κ3) is 4.08. The minimum Gasteiger partial charge on any atom is -0.313 e. The van der Waals surface area contributed by atoms with Crippen LogP contribution < -0.4 is 5.32 Å². The first-order valence-corrected chi connectivity index (χ1v) is 6.80. The van der Waals surface area contributed by atoms with Crippen LogP contribution in [0, 0.1) is 6.92 Å². The number of rotatable bonds is 4. The highest BCUT2D eigenvalue weighted by atomic mass is 19.4. The van der Waals surface area contributed by atoms with Crippen LogP contribution >= 0.6 is 0 Å². The first kappa shape index (κ1) is 15.6. The molecule has 0 bridgehead atoms. The van der Waals surface area contributed by atoms with E-state index in [1.807, 2.05) is 38.2 Å². The molecule has 0 saturated carbocycles. The van der Waals surface area contributed by atoms with Crippen LogP contribution in [0.15, 0.2) is 48.5 Å². The topological polar surface area (TPSA) is 12.0 Å². The Bertz CT molecular complexity index is 570. The minimum atomic E-state index is -4.28. The Morgan fingerprint density at radius 1 is 0.952 bits per heavy atom. The van der Waals surface area contributed by atoms with Gasteiger partial charge >= 0.3 is 6.18 Å². The van der Waals surface area contributed by atoms with E-state index in [0.717, 1.165) is 23.3 Å². The minimum absolute atomic E-state index is 0.0855. The quantitative estimate of drug-likeness (QED) is 0.874. The normalized spacial score (nSPS) is 13.2. The molecule has 1 nitrogen and oxygen atoms in total. The van der Waals surface area contributed by atoms with Crippen LogP contribution in [0.4, 0.5) is 13.2 Å². The second-order valence-electron chi connectivity index (χ2n) is 5.15. The van der Waals surface area contributed by atoms with Crippen LogP contribution in [0.2, 0.25) is 0 Å². The van der Waals surface area contributed by atoms with E-state index in [9.17, 15) is 13.2 Å². The Balaban J connectivity index is 2.13. The zero-order valence-corrected chi connectivity index (χ0v) is 12.0. The van der Waals surface area contributed by atoms with Crippen molar-refractivity contribution in [3.05, 3.63) is 70.8 Å². The summed E-state index contributed by atoms with van der Waals surface area (Å²) in [5.41, 5.74) is 2.58. The molecule has 4 heteroatoms. The molecule has 21 heavy (non-hydrogen) atoms. The molecule has 0 aliphatic rings. The highest BCUT2D eigenvalue weighted by Crippen LogP contribution is 2.29. The Hall–Kier alpha value is -1.81. The van der Waals surface area contributed by atoms with Gasteiger partial charge in [-0.25, -0.2) is 0 Å². The molecule has 0 radical (unpaired) electrons. The maximum absolute atomic E-state index is 12.5. The van der Waals surface area contributed by atoms with Crippen LogP contribution in [0.25, 0.3) is 0 Å². The van der Waals surface area contributed by atoms with Gasteiger partial charge in [-0.3, -0.25) is 0 Å². The predicted molar refractivity (Wildman–Crippen MR) is 78.1 cm³/mol. The molecule has 0 saturated heterocycles. The third-order valence-electron chi connectivity index (χ3n) is 3.55. The fourth-order valence-corrected chi connectivity index (χ4v) is 2.25. The summed E-state index contributed by atoms with van der Waals surface area (Å²) in [5, 5.41) is 3.21. The number of nitrogens with one attached hydrogen (secondary N) is 1. The standard InChI is InChI=1S/C17H18F3N/c1-12-3-7-14(8-4-12)16(21-2)11-13-5-9-15(10-6-13)17(18,19)20/h3-10,16,21H,11H2,1-2H3. The van der Waals surface area contributed by atoms with Gasteiger partial charge in [0.05, 0.1) is 5.56 Å². The number of hydrogen-bond acceptors (Lipinski definition) is 1. The van der Waals surface area contributed by atoms with Gasteiger partial charge in [0.25, 0.3) is 0 Å². The van der Waals surface area contributed by atoms with Crippen LogP contribution in [-0.2, 0) is 12.6 Å². The summed E-state index contributed by atoms with van der Waals surface area (Å²) in [4.78, 5) is 0. The molecule has 112 valence electrons. The number of halogens is 3. The molecule has 0 aliphatic heterocycles. The first-order valence-electron chi connectivity index (χ1n) is 6.80. The van der Waals surface area contributed by atoms with E-state index >= 15 is 0 Å². The number of hydrogen-bond donors (Lipinski definition) is 1. The molecule has 2 aromatic rings. The van der Waals surface area contributed by atoms with Crippen molar-refractivity contribution in [1.29, 1.82) is 0 Å². The van der Waals surface area contributed by atoms with Gasteiger partial charge in [0, 0.05) is 6.04 Å². The van der Waals surface area contributed by atoms with Crippen molar-refractivity contribution >= 4 is 0 Å². The van der Waals surface area contributed by atoms with E-state index in [1.54, 1.807) is 12.1 Å². The number of aryl methyl sites for hydroxylation is 1. The average molecular weight is 293 g/mol. The molecule has 0 fully saturated rings. The van der Waals surface area contributed by atoms with E-state index in [2.05, 4.69) is 5.32 Å². The van der Waals surface area contributed by atoms with E-state index in [-0.39, 0.29) is 6.04 Å².